The molecule has 2 aromatic heterocycles. The van der Waals surface area contributed by atoms with E-state index in [1.807, 2.05) is 0 Å². The van der Waals surface area contributed by atoms with Gasteiger partial charge in [0.2, 0.25) is 0 Å². The number of halogens is 1. The molecule has 2 N–H and O–H groups in total. The van der Waals surface area contributed by atoms with Crippen molar-refractivity contribution < 1.29 is 28.5 Å². The number of methoxy groups -OCH3 is 1. The van der Waals surface area contributed by atoms with E-state index in [0.29, 0.717) is 42.4 Å². The van der Waals surface area contributed by atoms with Crippen molar-refractivity contribution in [2.24, 2.45) is 0 Å². The molecule has 11 heteroatoms. The lowest BCUT2D eigenvalue weighted by Crippen LogP contribution is -2.39. The average Bonchev–Trinajstić information content (AvgIpc) is 3.32. The second-order valence-corrected chi connectivity index (χ2v) is 7.92. The highest BCUT2D eigenvalue weighted by molar-refractivity contribution is 5.93. The minimum absolute atomic E-state index is 0.0738. The zero-order chi connectivity index (χ0) is 24.1. The molecule has 34 heavy (non-hydrogen) atoms. The van der Waals surface area contributed by atoms with Crippen molar-refractivity contribution in [3.05, 3.63) is 59.4 Å². The van der Waals surface area contributed by atoms with E-state index >= 15 is 0 Å². The fraction of sp³-hybridized carbons (Fsp3) is 0.391. The topological polar surface area (TPSA) is 121 Å². The molecule has 1 amide bonds. The molecule has 0 bridgehead atoms. The summed E-state index contributed by atoms with van der Waals surface area (Å²) in [5.41, 5.74) is 2.21. The van der Waals surface area contributed by atoms with E-state index in [1.54, 1.807) is 36.1 Å². The van der Waals surface area contributed by atoms with Crippen molar-refractivity contribution in [1.29, 1.82) is 0 Å². The van der Waals surface area contributed by atoms with Crippen molar-refractivity contribution in [1.82, 2.24) is 25.1 Å². The van der Waals surface area contributed by atoms with Crippen LogP contribution in [-0.4, -0.2) is 69.9 Å². The maximum atomic E-state index is 13.6. The summed E-state index contributed by atoms with van der Waals surface area (Å²) < 4.78 is 31.4. The predicted molar refractivity (Wildman–Crippen MR) is 119 cm³/mol. The number of amides is 1. The maximum absolute atomic E-state index is 13.6. The normalized spacial score (nSPS) is 18.0. The van der Waals surface area contributed by atoms with Crippen molar-refractivity contribution in [3.63, 3.8) is 0 Å². The van der Waals surface area contributed by atoms with Crippen molar-refractivity contribution in [2.45, 2.75) is 32.2 Å². The third kappa shape index (κ3) is 5.74. The summed E-state index contributed by atoms with van der Waals surface area (Å²) in [6.07, 6.45) is 1.11. The van der Waals surface area contributed by atoms with Gasteiger partial charge >= 0.3 is 0 Å². The van der Waals surface area contributed by atoms with E-state index in [1.165, 1.54) is 19.2 Å². The molecule has 3 heterocycles. The number of aryl methyl sites for hydroxylation is 1. The Balaban J connectivity index is 1.41. The van der Waals surface area contributed by atoms with Gasteiger partial charge in [0, 0.05) is 17.8 Å². The van der Waals surface area contributed by atoms with Crippen LogP contribution in [-0.2, 0) is 22.6 Å². The number of hydrogen-bond donors (Lipinski definition) is 2. The van der Waals surface area contributed by atoms with Crippen LogP contribution in [0, 0.1) is 12.7 Å². The van der Waals surface area contributed by atoms with E-state index in [-0.39, 0.29) is 42.7 Å². The average molecular weight is 471 g/mol. The quantitative estimate of drug-likeness (QED) is 0.507. The number of carbonyl (C=O) groups excluding carboxylic acids is 1. The lowest BCUT2D eigenvalue weighted by molar-refractivity contribution is -0.149. The van der Waals surface area contributed by atoms with Crippen molar-refractivity contribution in [3.8, 4) is 17.1 Å². The molecule has 1 aromatic carbocycles. The Morgan fingerprint density at radius 1 is 1.26 bits per heavy atom. The third-order valence-electron chi connectivity index (χ3n) is 5.28. The Bertz CT molecular complexity index is 1150. The smallest absolute Gasteiger partial charge is 0.270 e. The summed E-state index contributed by atoms with van der Waals surface area (Å²) in [7, 11) is 1.39. The van der Waals surface area contributed by atoms with E-state index in [0.717, 1.165) is 0 Å². The minimum Gasteiger partial charge on any atom is -0.494 e. The second kappa shape index (κ2) is 10.7. The Morgan fingerprint density at radius 2 is 2.06 bits per heavy atom. The largest absolute Gasteiger partial charge is 0.494 e. The number of hydrogen-bond acceptors (Lipinski definition) is 8. The first-order chi connectivity index (χ1) is 16.4. The number of nitrogens with zero attached hydrogens (tertiary/aromatic N) is 4. The Kier molecular flexibility index (Phi) is 7.46. The molecule has 1 fully saturated rings. The van der Waals surface area contributed by atoms with Gasteiger partial charge in [-0.25, -0.2) is 19.0 Å². The summed E-state index contributed by atoms with van der Waals surface area (Å²) in [5.74, 6) is -0.277. The molecule has 1 unspecified atom stereocenters. The van der Waals surface area contributed by atoms with Gasteiger partial charge in [-0.05, 0) is 36.8 Å². The molecular weight excluding hydrogens is 445 g/mol. The molecular formula is C23H26FN5O5. The van der Waals surface area contributed by atoms with Crippen LogP contribution in [0.1, 0.15) is 21.7 Å². The van der Waals surface area contributed by atoms with Crippen LogP contribution < -0.4 is 10.1 Å². The molecule has 180 valence electrons. The number of pyridine rings is 1. The number of aromatic nitrogens is 4. The number of carbonyl (C=O) groups is 1. The highest BCUT2D eigenvalue weighted by Crippen LogP contribution is 2.19. The Morgan fingerprint density at radius 3 is 2.79 bits per heavy atom. The predicted octanol–water partition coefficient (Wildman–Crippen LogP) is 1.50. The fourth-order valence-electron chi connectivity index (χ4n) is 3.52. The van der Waals surface area contributed by atoms with Crippen LogP contribution in [0.2, 0.25) is 0 Å². The maximum Gasteiger partial charge on any atom is 0.270 e. The van der Waals surface area contributed by atoms with Gasteiger partial charge in [0.15, 0.2) is 17.4 Å². The monoisotopic (exact) mass is 471 g/mol. The van der Waals surface area contributed by atoms with Crippen LogP contribution >= 0.6 is 0 Å². The number of benzene rings is 1. The molecule has 1 aliphatic rings. The minimum atomic E-state index is -0.466. The van der Waals surface area contributed by atoms with Crippen LogP contribution in [0.4, 0.5) is 4.39 Å². The molecule has 0 spiro atoms. The van der Waals surface area contributed by atoms with Gasteiger partial charge in [-0.15, -0.1) is 0 Å². The van der Waals surface area contributed by atoms with E-state index in [4.69, 9.17) is 19.3 Å². The number of aliphatic hydroxyl groups excluding tert-OH is 1. The molecule has 0 radical (unpaired) electrons. The summed E-state index contributed by atoms with van der Waals surface area (Å²) in [6.45, 7) is 3.04. The molecule has 0 aliphatic carbocycles. The van der Waals surface area contributed by atoms with Crippen molar-refractivity contribution >= 4 is 5.91 Å². The molecule has 0 saturated carbocycles. The lowest BCUT2D eigenvalue weighted by atomic mass is 10.1. The van der Waals surface area contributed by atoms with E-state index < -0.39 is 5.82 Å². The van der Waals surface area contributed by atoms with Gasteiger partial charge in [0.05, 0.1) is 33.5 Å². The van der Waals surface area contributed by atoms with Crippen LogP contribution in [0.25, 0.3) is 11.4 Å². The number of nitrogens with one attached hydrogen (secondary N) is 1. The van der Waals surface area contributed by atoms with Gasteiger partial charge in [-0.1, -0.05) is 6.07 Å². The molecule has 1 aliphatic heterocycles. The zero-order valence-electron chi connectivity index (χ0n) is 18.9. The zero-order valence-corrected chi connectivity index (χ0v) is 18.9. The summed E-state index contributed by atoms with van der Waals surface area (Å²) in [5, 5.41) is 16.4. The van der Waals surface area contributed by atoms with Gasteiger partial charge in [-0.2, -0.15) is 5.10 Å². The van der Waals surface area contributed by atoms with Gasteiger partial charge in [0.25, 0.3) is 5.91 Å². The van der Waals surface area contributed by atoms with Crippen LogP contribution in [0.5, 0.6) is 5.75 Å². The first-order valence-corrected chi connectivity index (χ1v) is 10.8. The summed E-state index contributed by atoms with van der Waals surface area (Å²) >= 11 is 0. The SMILES string of the molecule is COc1cc(CNC(=O)c2cc(-c3ncn(C[C@H]4COC(CO)CO4)n3)cc(C)n2)ccc1F. The molecule has 2 atom stereocenters. The van der Waals surface area contributed by atoms with E-state index in [9.17, 15) is 9.18 Å². The third-order valence-corrected chi connectivity index (χ3v) is 5.28. The van der Waals surface area contributed by atoms with Gasteiger partial charge < -0.3 is 24.6 Å². The highest BCUT2D eigenvalue weighted by atomic mass is 19.1. The number of rotatable bonds is 8. The Labute approximate surface area is 195 Å². The Hall–Kier alpha value is -3.41. The molecule has 1 saturated heterocycles. The molecule has 3 aromatic rings. The van der Waals surface area contributed by atoms with Gasteiger partial charge in [0.1, 0.15) is 24.2 Å². The van der Waals surface area contributed by atoms with Gasteiger partial charge in [-0.3, -0.25) is 4.79 Å². The lowest BCUT2D eigenvalue weighted by Gasteiger charge is -2.28. The van der Waals surface area contributed by atoms with Crippen LogP contribution in [0.15, 0.2) is 36.7 Å². The molecule has 4 rings (SSSR count). The summed E-state index contributed by atoms with van der Waals surface area (Å²) in [6, 6.07) is 7.83. The first kappa shape index (κ1) is 23.7. The number of ether oxygens (including phenoxy) is 3. The second-order valence-electron chi connectivity index (χ2n) is 7.92. The van der Waals surface area contributed by atoms with Crippen molar-refractivity contribution in [2.75, 3.05) is 26.9 Å². The number of aliphatic hydroxyl groups is 1. The standard InChI is InChI=1S/C23H26FN5O5/c1-14-5-16(22-26-13-29(28-22)9-17-11-34-18(10-30)12-33-17)7-20(27-14)23(31)25-8-15-3-4-19(24)21(6-15)32-2/h3-7,13,17-18,30H,8-12H2,1-2H3,(H,25,31)/t17-,18?/m0/s1. The molecule has 10 nitrogen and oxygen atoms in total. The first-order valence-electron chi connectivity index (χ1n) is 10.8. The summed E-state index contributed by atoms with van der Waals surface area (Å²) in [4.78, 5) is 21.4. The fourth-order valence-corrected chi connectivity index (χ4v) is 3.52. The van der Waals surface area contributed by atoms with E-state index in [2.05, 4.69) is 20.4 Å². The highest BCUT2D eigenvalue weighted by Gasteiger charge is 2.22. The van der Waals surface area contributed by atoms with Crippen LogP contribution in [0.3, 0.4) is 0 Å².